The number of hydrogen-bond acceptors (Lipinski definition) is 5. The molecule has 2 aromatic rings. The van der Waals surface area contributed by atoms with Gasteiger partial charge in [-0.2, -0.15) is 0 Å². The molecule has 1 saturated heterocycles. The molecule has 2 aliphatic heterocycles. The first-order valence-corrected chi connectivity index (χ1v) is 11.6. The van der Waals surface area contributed by atoms with E-state index in [1.165, 1.54) is 31.5 Å². The highest BCUT2D eigenvalue weighted by Gasteiger charge is 2.16. The topological polar surface area (TPSA) is 40.5 Å². The average molecular weight is 439 g/mol. The number of allylic oxidation sites excluding steroid dienone is 5. The third kappa shape index (κ3) is 4.91. The fourth-order valence-corrected chi connectivity index (χ4v) is 4.99. The fraction of sp³-hybridized carbons (Fsp3) is 0.333. The number of benzene rings is 1. The number of dihydropyridines is 1. The van der Waals surface area contributed by atoms with Gasteiger partial charge in [-0.25, -0.2) is 4.98 Å². The maximum absolute atomic E-state index is 6.40. The molecule has 1 fully saturated rings. The number of hydrogen-bond donors (Lipinski definition) is 1. The number of halogens is 1. The molecule has 2 aliphatic rings. The molecule has 3 heterocycles. The van der Waals surface area contributed by atoms with Crippen LogP contribution in [-0.4, -0.2) is 41.9 Å². The molecule has 1 aromatic heterocycles. The van der Waals surface area contributed by atoms with Gasteiger partial charge in [0.25, 0.3) is 0 Å². The first-order chi connectivity index (χ1) is 14.7. The fourth-order valence-electron chi connectivity index (χ4n) is 3.90. The van der Waals surface area contributed by atoms with Crippen LogP contribution in [0, 0.1) is 0 Å². The minimum atomic E-state index is 0.712. The van der Waals surface area contributed by atoms with E-state index in [1.807, 2.05) is 25.1 Å². The largest absolute Gasteiger partial charge is 0.316 e. The predicted molar refractivity (Wildman–Crippen MR) is 132 cm³/mol. The third-order valence-corrected chi connectivity index (χ3v) is 6.77. The number of nitrogens with zero attached hydrogens (tertiary/aromatic N) is 3. The molecule has 0 bridgehead atoms. The predicted octanol–water partition coefficient (Wildman–Crippen LogP) is 6.24. The van der Waals surface area contributed by atoms with Crippen molar-refractivity contribution in [3.63, 3.8) is 0 Å². The van der Waals surface area contributed by atoms with E-state index >= 15 is 0 Å². The number of fused-ring (bicyclic) bond motifs is 1. The van der Waals surface area contributed by atoms with Gasteiger partial charge in [0.1, 0.15) is 5.84 Å². The van der Waals surface area contributed by atoms with Crippen LogP contribution in [0.15, 0.2) is 64.7 Å². The molecule has 1 aromatic carbocycles. The molecule has 0 aliphatic carbocycles. The maximum Gasteiger partial charge on any atom is 0.189 e. The molecule has 1 N–H and O–H groups in total. The minimum absolute atomic E-state index is 0.712. The lowest BCUT2D eigenvalue weighted by Gasteiger charge is -2.19. The van der Waals surface area contributed by atoms with Crippen molar-refractivity contribution in [2.24, 2.45) is 4.99 Å². The monoisotopic (exact) mass is 438 g/mol. The molecular weight excluding hydrogens is 412 g/mol. The summed E-state index contributed by atoms with van der Waals surface area (Å²) in [6.45, 7) is 10.1. The molecule has 0 unspecified atom stereocenters. The second-order valence-corrected chi connectivity index (χ2v) is 9.02. The Morgan fingerprint density at radius 2 is 2.17 bits per heavy atom. The Morgan fingerprint density at radius 3 is 2.93 bits per heavy atom. The van der Waals surface area contributed by atoms with Crippen LogP contribution in [-0.2, 0) is 0 Å². The summed E-state index contributed by atoms with van der Waals surface area (Å²) in [7, 11) is 0. The van der Waals surface area contributed by atoms with Gasteiger partial charge in [-0.1, -0.05) is 59.4 Å². The lowest BCUT2D eigenvalue weighted by molar-refractivity contribution is 0.364. The number of amidine groups is 1. The number of thiazole rings is 1. The SMILES string of the molecule is C=C/C=C(\C(Cl)=C/C)c1ccc2nc(NC3=NCCC(CN4CCCC4)=C3)sc2c1. The average Bonchev–Trinajstić information content (AvgIpc) is 3.40. The Balaban J connectivity index is 1.52. The molecule has 0 spiro atoms. The maximum atomic E-state index is 6.40. The summed E-state index contributed by atoms with van der Waals surface area (Å²) in [5, 5.41) is 5.01. The van der Waals surface area contributed by atoms with Crippen molar-refractivity contribution in [2.75, 3.05) is 31.5 Å². The number of aliphatic imine (C=N–C) groups is 1. The molecule has 4 rings (SSSR count). The van der Waals surface area contributed by atoms with Crippen molar-refractivity contribution < 1.29 is 0 Å². The highest BCUT2D eigenvalue weighted by atomic mass is 35.5. The second kappa shape index (κ2) is 9.73. The molecule has 0 radical (unpaired) electrons. The number of anilines is 1. The zero-order valence-corrected chi connectivity index (χ0v) is 18.9. The van der Waals surface area contributed by atoms with E-state index in [2.05, 4.69) is 40.0 Å². The Morgan fingerprint density at radius 1 is 1.33 bits per heavy atom. The van der Waals surface area contributed by atoms with Gasteiger partial charge < -0.3 is 5.32 Å². The zero-order chi connectivity index (χ0) is 20.9. The summed E-state index contributed by atoms with van der Waals surface area (Å²) < 4.78 is 1.11. The highest BCUT2D eigenvalue weighted by Crippen LogP contribution is 2.32. The van der Waals surface area contributed by atoms with Crippen LogP contribution in [0.2, 0.25) is 0 Å². The van der Waals surface area contributed by atoms with Crippen molar-refractivity contribution in [1.82, 2.24) is 9.88 Å². The van der Waals surface area contributed by atoms with E-state index in [0.29, 0.717) is 5.03 Å². The second-order valence-electron chi connectivity index (χ2n) is 7.58. The van der Waals surface area contributed by atoms with Crippen LogP contribution in [0.25, 0.3) is 15.8 Å². The zero-order valence-electron chi connectivity index (χ0n) is 17.3. The van der Waals surface area contributed by atoms with Crippen LogP contribution in [0.3, 0.4) is 0 Å². The molecule has 30 heavy (non-hydrogen) atoms. The van der Waals surface area contributed by atoms with Crippen molar-refractivity contribution in [1.29, 1.82) is 0 Å². The smallest absolute Gasteiger partial charge is 0.189 e. The summed E-state index contributed by atoms with van der Waals surface area (Å²) in [5.74, 6) is 0.916. The Labute approximate surface area is 187 Å². The van der Waals surface area contributed by atoms with Gasteiger partial charge in [-0.15, -0.1) is 0 Å². The van der Waals surface area contributed by atoms with Gasteiger partial charge in [-0.3, -0.25) is 9.89 Å². The van der Waals surface area contributed by atoms with Gasteiger partial charge in [0.2, 0.25) is 0 Å². The lowest BCUT2D eigenvalue weighted by atomic mass is 10.0. The Hall–Kier alpha value is -2.21. The van der Waals surface area contributed by atoms with Gasteiger partial charge in [0, 0.05) is 18.1 Å². The van der Waals surface area contributed by atoms with Crippen LogP contribution in [0.5, 0.6) is 0 Å². The number of aromatic nitrogens is 1. The summed E-state index contributed by atoms with van der Waals surface area (Å²) in [6.07, 6.45) is 11.5. The summed E-state index contributed by atoms with van der Waals surface area (Å²) in [5.41, 5.74) is 4.45. The number of likely N-dealkylation sites (tertiary alicyclic amines) is 1. The van der Waals surface area contributed by atoms with Gasteiger partial charge >= 0.3 is 0 Å². The van der Waals surface area contributed by atoms with E-state index in [0.717, 1.165) is 51.8 Å². The molecule has 0 atom stereocenters. The summed E-state index contributed by atoms with van der Waals surface area (Å²) in [6, 6.07) is 6.23. The van der Waals surface area contributed by atoms with Crippen LogP contribution >= 0.6 is 22.9 Å². The van der Waals surface area contributed by atoms with E-state index in [9.17, 15) is 0 Å². The summed E-state index contributed by atoms with van der Waals surface area (Å²) >= 11 is 8.03. The van der Waals surface area contributed by atoms with E-state index < -0.39 is 0 Å². The van der Waals surface area contributed by atoms with Crippen LogP contribution < -0.4 is 5.32 Å². The van der Waals surface area contributed by atoms with E-state index in [1.54, 1.807) is 17.4 Å². The number of nitrogens with one attached hydrogen (secondary N) is 1. The van der Waals surface area contributed by atoms with Gasteiger partial charge in [-0.05, 0) is 68.6 Å². The molecule has 0 amide bonds. The molecule has 156 valence electrons. The van der Waals surface area contributed by atoms with E-state index in [-0.39, 0.29) is 0 Å². The van der Waals surface area contributed by atoms with Gasteiger partial charge in [0.05, 0.1) is 10.2 Å². The summed E-state index contributed by atoms with van der Waals surface area (Å²) in [4.78, 5) is 11.9. The quantitative estimate of drug-likeness (QED) is 0.542. The van der Waals surface area contributed by atoms with E-state index in [4.69, 9.17) is 16.6 Å². The van der Waals surface area contributed by atoms with Crippen molar-refractivity contribution in [3.05, 3.63) is 65.3 Å². The molecule has 0 saturated carbocycles. The lowest BCUT2D eigenvalue weighted by Crippen LogP contribution is -2.25. The Bertz CT molecular complexity index is 1050. The molecule has 6 heteroatoms. The van der Waals surface area contributed by atoms with Crippen molar-refractivity contribution in [3.8, 4) is 0 Å². The van der Waals surface area contributed by atoms with Crippen LogP contribution in [0.4, 0.5) is 5.13 Å². The van der Waals surface area contributed by atoms with Crippen LogP contribution in [0.1, 0.15) is 31.7 Å². The first-order valence-electron chi connectivity index (χ1n) is 10.5. The number of rotatable bonds is 6. The minimum Gasteiger partial charge on any atom is -0.316 e. The van der Waals surface area contributed by atoms with Crippen molar-refractivity contribution in [2.45, 2.75) is 26.2 Å². The normalized spacial score (nSPS) is 18.5. The standard InChI is InChI=1S/C24H27ClN4S/c1-3-7-19(20(25)4-2)18-8-9-21-22(15-18)30-24(27-21)28-23-14-17(10-11-26-23)16-29-12-5-6-13-29/h3-4,7-9,14-15H,1,5-6,10-13,16H2,2H3,(H,26,27,28)/b19-7-,20-4+. The molecular formula is C24H27ClN4S. The Kier molecular flexibility index (Phi) is 6.82. The van der Waals surface area contributed by atoms with Gasteiger partial charge in [0.15, 0.2) is 5.13 Å². The third-order valence-electron chi connectivity index (χ3n) is 5.41. The highest BCUT2D eigenvalue weighted by molar-refractivity contribution is 7.22. The first kappa shape index (κ1) is 21.0. The van der Waals surface area contributed by atoms with Crippen molar-refractivity contribution >= 4 is 49.7 Å². The molecule has 4 nitrogen and oxygen atoms in total.